The third-order valence-corrected chi connectivity index (χ3v) is 3.99. The number of hydrogen-bond acceptors (Lipinski definition) is 2. The molecule has 1 aromatic rings. The van der Waals surface area contributed by atoms with Crippen LogP contribution in [0.25, 0.3) is 0 Å². The number of nitrogens with zero attached hydrogens (tertiary/aromatic N) is 2. The molecule has 0 aliphatic carbocycles. The van der Waals surface area contributed by atoms with Gasteiger partial charge < -0.3 is 0 Å². The summed E-state index contributed by atoms with van der Waals surface area (Å²) in [5.41, 5.74) is 0.617. The molecule has 0 aromatic heterocycles. The Labute approximate surface area is 114 Å². The van der Waals surface area contributed by atoms with Crippen molar-refractivity contribution in [2.24, 2.45) is 0 Å². The van der Waals surface area contributed by atoms with Crippen LogP contribution in [0.4, 0.5) is 4.79 Å². The molecular weight excluding hydrogens is 240 g/mol. The van der Waals surface area contributed by atoms with E-state index >= 15 is 0 Å². The third-order valence-electron chi connectivity index (χ3n) is 3.99. The zero-order chi connectivity index (χ0) is 14.0. The number of rotatable bonds is 1. The van der Waals surface area contributed by atoms with Crippen LogP contribution in [0, 0.1) is 0 Å². The van der Waals surface area contributed by atoms with Crippen LogP contribution in [-0.4, -0.2) is 48.0 Å². The summed E-state index contributed by atoms with van der Waals surface area (Å²) in [6.45, 7) is 2.60. The number of imide groups is 1. The van der Waals surface area contributed by atoms with E-state index in [1.54, 1.807) is 26.2 Å². The smallest absolute Gasteiger partial charge is 0.298 e. The van der Waals surface area contributed by atoms with E-state index in [1.165, 1.54) is 4.90 Å². The van der Waals surface area contributed by atoms with E-state index in [4.69, 9.17) is 0 Å². The lowest BCUT2D eigenvalue weighted by Crippen LogP contribution is -2.62. The minimum Gasteiger partial charge on any atom is -0.298 e. The number of benzene rings is 1. The molecule has 1 aromatic carbocycles. The van der Waals surface area contributed by atoms with Gasteiger partial charge in [-0.1, -0.05) is 18.2 Å². The van der Waals surface area contributed by atoms with Crippen LogP contribution in [0.3, 0.4) is 0 Å². The van der Waals surface area contributed by atoms with E-state index in [9.17, 15) is 9.59 Å². The molecule has 1 saturated heterocycles. The third kappa shape index (κ3) is 2.16. The van der Waals surface area contributed by atoms with E-state index in [1.807, 2.05) is 25.1 Å². The van der Waals surface area contributed by atoms with Crippen LogP contribution in [0.1, 0.15) is 30.1 Å². The Hall–Kier alpha value is -1.68. The molecule has 4 nitrogen and oxygen atoms in total. The molecule has 0 N–H and O–H groups in total. The molecule has 1 unspecified atom stereocenters. The van der Waals surface area contributed by atoms with Crippen molar-refractivity contribution in [3.63, 3.8) is 0 Å². The molecule has 0 radical (unpaired) electrons. The summed E-state index contributed by atoms with van der Waals surface area (Å²) in [6.07, 6.45) is 1.83. The SMILES string of the molecule is C[C@@H]1CCC[N+]1(C(=O)c1ccccc1)C(=O)N(C)C. The first-order valence-electron chi connectivity index (χ1n) is 6.69. The van der Waals surface area contributed by atoms with Crippen LogP contribution in [-0.2, 0) is 0 Å². The second-order valence-electron chi connectivity index (χ2n) is 5.43. The first-order chi connectivity index (χ1) is 9.00. The zero-order valence-corrected chi connectivity index (χ0v) is 11.8. The van der Waals surface area contributed by atoms with Crippen molar-refractivity contribution in [2.75, 3.05) is 20.6 Å². The topological polar surface area (TPSA) is 37.4 Å². The van der Waals surface area contributed by atoms with Crippen molar-refractivity contribution in [2.45, 2.75) is 25.8 Å². The fourth-order valence-corrected chi connectivity index (χ4v) is 2.92. The summed E-state index contributed by atoms with van der Waals surface area (Å²) >= 11 is 0. The number of carbonyl (C=O) groups excluding carboxylic acids is 2. The number of urea groups is 1. The first-order valence-corrected chi connectivity index (χ1v) is 6.69. The van der Waals surface area contributed by atoms with Gasteiger partial charge in [-0.05, 0) is 19.1 Å². The quantitative estimate of drug-likeness (QED) is 0.728. The van der Waals surface area contributed by atoms with Crippen molar-refractivity contribution in [1.29, 1.82) is 0 Å². The second-order valence-corrected chi connectivity index (χ2v) is 5.43. The molecule has 0 bridgehead atoms. The van der Waals surface area contributed by atoms with Gasteiger partial charge in [-0.2, -0.15) is 4.48 Å². The van der Waals surface area contributed by atoms with Crippen LogP contribution in [0.2, 0.25) is 0 Å². The minimum absolute atomic E-state index is 0.0441. The van der Waals surface area contributed by atoms with Gasteiger partial charge in [0.25, 0.3) is 0 Å². The summed E-state index contributed by atoms with van der Waals surface area (Å²) in [5.74, 6) is -0.0794. The van der Waals surface area contributed by atoms with Gasteiger partial charge in [0.2, 0.25) is 0 Å². The van der Waals surface area contributed by atoms with Gasteiger partial charge in [0.15, 0.2) is 0 Å². The molecule has 19 heavy (non-hydrogen) atoms. The number of likely N-dealkylation sites (tertiary alicyclic amines) is 1. The molecule has 102 valence electrons. The Morgan fingerprint density at radius 3 is 2.32 bits per heavy atom. The van der Waals surface area contributed by atoms with Crippen molar-refractivity contribution < 1.29 is 14.1 Å². The van der Waals surface area contributed by atoms with E-state index in [0.717, 1.165) is 12.8 Å². The van der Waals surface area contributed by atoms with Crippen LogP contribution < -0.4 is 0 Å². The monoisotopic (exact) mass is 261 g/mol. The van der Waals surface area contributed by atoms with Crippen LogP contribution >= 0.6 is 0 Å². The van der Waals surface area contributed by atoms with Gasteiger partial charge in [0.05, 0.1) is 12.1 Å². The highest BCUT2D eigenvalue weighted by Gasteiger charge is 2.53. The predicted molar refractivity (Wildman–Crippen MR) is 73.7 cm³/mol. The molecule has 1 heterocycles. The van der Waals surface area contributed by atoms with Gasteiger partial charge in [0, 0.05) is 26.9 Å². The minimum atomic E-state index is -0.112. The van der Waals surface area contributed by atoms with Crippen LogP contribution in [0.5, 0.6) is 0 Å². The Balaban J connectivity index is 2.45. The fraction of sp³-hybridized carbons (Fsp3) is 0.467. The van der Waals surface area contributed by atoms with Gasteiger partial charge in [0.1, 0.15) is 6.04 Å². The maximum Gasteiger partial charge on any atom is 0.426 e. The normalized spacial score (nSPS) is 26.2. The van der Waals surface area contributed by atoms with Crippen molar-refractivity contribution in [3.05, 3.63) is 35.9 Å². The fourth-order valence-electron chi connectivity index (χ4n) is 2.92. The summed E-state index contributed by atoms with van der Waals surface area (Å²) < 4.78 is -0.0724. The van der Waals surface area contributed by atoms with E-state index in [0.29, 0.717) is 12.1 Å². The molecule has 1 fully saturated rings. The van der Waals surface area contributed by atoms with E-state index in [2.05, 4.69) is 0 Å². The predicted octanol–water partition coefficient (Wildman–Crippen LogP) is 2.51. The Bertz CT molecular complexity index is 484. The zero-order valence-electron chi connectivity index (χ0n) is 11.8. The van der Waals surface area contributed by atoms with Crippen molar-refractivity contribution >= 4 is 11.9 Å². The molecule has 1 aliphatic heterocycles. The highest BCUT2D eigenvalue weighted by atomic mass is 16.2. The lowest BCUT2D eigenvalue weighted by atomic mass is 10.1. The van der Waals surface area contributed by atoms with Crippen molar-refractivity contribution in [1.82, 2.24) is 4.90 Å². The molecule has 1 aliphatic rings. The number of carbonyl (C=O) groups is 2. The molecule has 3 amide bonds. The molecule has 2 rings (SSSR count). The summed E-state index contributed by atoms with van der Waals surface area (Å²) in [5, 5.41) is 0. The summed E-state index contributed by atoms with van der Waals surface area (Å²) in [4.78, 5) is 26.9. The van der Waals surface area contributed by atoms with Gasteiger partial charge in [-0.25, -0.2) is 9.59 Å². The van der Waals surface area contributed by atoms with E-state index in [-0.39, 0.29) is 22.5 Å². The average molecular weight is 261 g/mol. The Kier molecular flexibility index (Phi) is 3.71. The molecule has 0 spiro atoms. The second kappa shape index (κ2) is 5.13. The summed E-state index contributed by atoms with van der Waals surface area (Å²) in [7, 11) is 3.43. The van der Waals surface area contributed by atoms with Gasteiger partial charge in [-0.3, -0.25) is 4.90 Å². The highest BCUT2D eigenvalue weighted by Crippen LogP contribution is 2.31. The Morgan fingerprint density at radius 1 is 1.21 bits per heavy atom. The van der Waals surface area contributed by atoms with Crippen LogP contribution in [0.15, 0.2) is 30.3 Å². The van der Waals surface area contributed by atoms with Gasteiger partial charge >= 0.3 is 11.9 Å². The summed E-state index contributed by atoms with van der Waals surface area (Å²) in [6, 6.07) is 9.06. The highest BCUT2D eigenvalue weighted by molar-refractivity contribution is 5.95. The number of quaternary nitrogens is 1. The Morgan fingerprint density at radius 2 is 1.84 bits per heavy atom. The standard InChI is InChI=1S/C15H21N2O2/c1-12-8-7-11-17(12,15(19)16(2)3)14(18)13-9-5-4-6-10-13/h4-6,9-10,12H,7-8,11H2,1-3H3/q+1/t12-,17?/m1/s1. The lowest BCUT2D eigenvalue weighted by molar-refractivity contribution is -0.781. The van der Waals surface area contributed by atoms with Gasteiger partial charge in [-0.15, -0.1) is 0 Å². The molecular formula is C15H21N2O2+. The molecule has 0 saturated carbocycles. The maximum absolute atomic E-state index is 12.8. The van der Waals surface area contributed by atoms with E-state index < -0.39 is 0 Å². The number of amides is 3. The maximum atomic E-state index is 12.8. The molecule has 2 atom stereocenters. The largest absolute Gasteiger partial charge is 0.426 e. The average Bonchev–Trinajstić information content (AvgIpc) is 2.80. The number of hydrogen-bond donors (Lipinski definition) is 0. The van der Waals surface area contributed by atoms with Crippen molar-refractivity contribution in [3.8, 4) is 0 Å². The first kappa shape index (κ1) is 13.7. The molecule has 4 heteroatoms. The lowest BCUT2D eigenvalue weighted by Gasteiger charge is -2.34.